The molecule has 8 heteroatoms. The van der Waals surface area contributed by atoms with Gasteiger partial charge in [-0.2, -0.15) is 0 Å². The molecule has 0 fully saturated rings. The Bertz CT molecular complexity index is 1680. The van der Waals surface area contributed by atoms with E-state index in [0.717, 1.165) is 40.7 Å². The Labute approximate surface area is 268 Å². The fourth-order valence-corrected chi connectivity index (χ4v) is 6.07. The molecule has 0 radical (unpaired) electrons. The molecule has 0 bridgehead atoms. The molecule has 3 N–H and O–H groups in total. The number of carbonyl (C=O) groups excluding carboxylic acids is 1. The third kappa shape index (κ3) is 9.61. The summed E-state index contributed by atoms with van der Waals surface area (Å²) >= 11 is 0. The molecular formula is C37H44N4O3S. The molecule has 0 unspecified atom stereocenters. The smallest absolute Gasteiger partial charge is 0.323 e. The fraction of sp³-hybridized carbons (Fsp3) is 0.297. The molecule has 0 aromatic heterocycles. The predicted molar refractivity (Wildman–Crippen MR) is 183 cm³/mol. The monoisotopic (exact) mass is 624 g/mol. The maximum atomic E-state index is 12.8. The van der Waals surface area contributed by atoms with Gasteiger partial charge in [-0.1, -0.05) is 106 Å². The van der Waals surface area contributed by atoms with E-state index in [2.05, 4.69) is 67.2 Å². The molecule has 4 rings (SSSR count). The molecule has 0 saturated heterocycles. The number of aryl methyl sites for hydroxylation is 1. The highest BCUT2D eigenvalue weighted by molar-refractivity contribution is 7.89. The number of hydrogen-bond donors (Lipinski definition) is 3. The number of rotatable bonds is 12. The van der Waals surface area contributed by atoms with Gasteiger partial charge >= 0.3 is 6.03 Å². The zero-order chi connectivity index (χ0) is 32.5. The lowest BCUT2D eigenvalue weighted by Crippen LogP contribution is -2.43. The van der Waals surface area contributed by atoms with Gasteiger partial charge in [-0.25, -0.2) is 17.9 Å². The summed E-state index contributed by atoms with van der Waals surface area (Å²) in [7, 11) is -3.58. The maximum absolute atomic E-state index is 12.8. The van der Waals surface area contributed by atoms with Crippen molar-refractivity contribution in [3.05, 3.63) is 125 Å². The van der Waals surface area contributed by atoms with Gasteiger partial charge in [0.05, 0.1) is 4.90 Å². The Morgan fingerprint density at radius 2 is 1.44 bits per heavy atom. The summed E-state index contributed by atoms with van der Waals surface area (Å²) in [6.07, 6.45) is 2.06. The van der Waals surface area contributed by atoms with Crippen LogP contribution in [0.25, 0.3) is 11.1 Å². The number of amides is 2. The number of nitrogens with one attached hydrogen (secondary N) is 3. The van der Waals surface area contributed by atoms with E-state index in [4.69, 9.17) is 5.41 Å². The second kappa shape index (κ2) is 15.1. The van der Waals surface area contributed by atoms with Crippen molar-refractivity contribution in [2.24, 2.45) is 0 Å². The third-order valence-electron chi connectivity index (χ3n) is 7.76. The Morgan fingerprint density at radius 3 is 2.09 bits per heavy atom. The van der Waals surface area contributed by atoms with Crippen LogP contribution >= 0.6 is 0 Å². The Morgan fingerprint density at radius 1 is 0.778 bits per heavy atom. The fourth-order valence-electron chi connectivity index (χ4n) is 5.03. The molecule has 0 spiro atoms. The van der Waals surface area contributed by atoms with Crippen molar-refractivity contribution in [2.45, 2.75) is 70.4 Å². The van der Waals surface area contributed by atoms with Gasteiger partial charge in [-0.05, 0) is 76.8 Å². The lowest BCUT2D eigenvalue weighted by molar-refractivity contribution is 0.221. The summed E-state index contributed by atoms with van der Waals surface area (Å²) in [6, 6.07) is 32.5. The van der Waals surface area contributed by atoms with Gasteiger partial charge in [-0.15, -0.1) is 0 Å². The lowest BCUT2D eigenvalue weighted by atomic mass is 9.87. The molecule has 236 valence electrons. The second-order valence-electron chi connectivity index (χ2n) is 12.2. The first-order chi connectivity index (χ1) is 21.5. The van der Waals surface area contributed by atoms with Crippen LogP contribution in [-0.2, 0) is 34.9 Å². The van der Waals surface area contributed by atoms with Crippen molar-refractivity contribution in [3.63, 3.8) is 0 Å². The molecule has 2 amide bonds. The molecule has 45 heavy (non-hydrogen) atoms. The lowest BCUT2D eigenvalue weighted by Gasteiger charge is -2.22. The van der Waals surface area contributed by atoms with E-state index < -0.39 is 10.0 Å². The van der Waals surface area contributed by atoms with E-state index >= 15 is 0 Å². The minimum atomic E-state index is -3.58. The number of hydrogen-bond acceptors (Lipinski definition) is 4. The topological polar surface area (TPSA) is 102 Å². The highest BCUT2D eigenvalue weighted by atomic mass is 32.2. The van der Waals surface area contributed by atoms with Crippen LogP contribution in [0.4, 0.5) is 4.79 Å². The van der Waals surface area contributed by atoms with Crippen molar-refractivity contribution in [3.8, 4) is 11.1 Å². The van der Waals surface area contributed by atoms with E-state index in [1.165, 1.54) is 10.5 Å². The number of urea groups is 1. The van der Waals surface area contributed by atoms with E-state index in [1.54, 1.807) is 30.3 Å². The molecule has 0 saturated carbocycles. The average molecular weight is 625 g/mol. The first kappa shape index (κ1) is 33.6. The Kier molecular flexibility index (Phi) is 11.3. The van der Waals surface area contributed by atoms with Crippen LogP contribution in [0, 0.1) is 5.41 Å². The van der Waals surface area contributed by atoms with Gasteiger partial charge in [-0.3, -0.25) is 10.3 Å². The molecule has 0 aliphatic heterocycles. The minimum Gasteiger partial charge on any atom is -0.334 e. The third-order valence-corrected chi connectivity index (χ3v) is 9.18. The molecule has 0 aliphatic carbocycles. The highest BCUT2D eigenvalue weighted by Crippen LogP contribution is 2.23. The Hall–Kier alpha value is -4.27. The van der Waals surface area contributed by atoms with Crippen LogP contribution in [0.1, 0.15) is 62.8 Å². The van der Waals surface area contributed by atoms with E-state index in [0.29, 0.717) is 25.3 Å². The standard InChI is InChI=1S/C37H44N4O3S/c1-5-41(36(42)39-26-29-19-23-33(24-20-29)37(2,3)4)35(38)16-10-11-28-17-21-31(22-18-28)32-13-9-12-30(25-32)27-40-45(43,44)34-14-7-6-8-15-34/h6-9,12-15,17-25,38,40H,5,10-11,16,26-27H2,1-4H3,(H,39,42). The van der Waals surface area contributed by atoms with Gasteiger partial charge < -0.3 is 5.32 Å². The summed E-state index contributed by atoms with van der Waals surface area (Å²) in [5, 5.41) is 11.5. The van der Waals surface area contributed by atoms with Crippen LogP contribution in [-0.4, -0.2) is 31.7 Å². The van der Waals surface area contributed by atoms with Crippen molar-refractivity contribution in [1.29, 1.82) is 5.41 Å². The number of nitrogens with zero attached hydrogens (tertiary/aromatic N) is 1. The van der Waals surface area contributed by atoms with Gasteiger partial charge in [0.1, 0.15) is 5.84 Å². The highest BCUT2D eigenvalue weighted by Gasteiger charge is 2.17. The number of amidine groups is 1. The quantitative estimate of drug-likeness (QED) is 0.111. The van der Waals surface area contributed by atoms with Crippen LogP contribution in [0.15, 0.2) is 108 Å². The van der Waals surface area contributed by atoms with Crippen LogP contribution in [0.3, 0.4) is 0 Å². The summed E-state index contributed by atoms with van der Waals surface area (Å²) in [4.78, 5) is 14.6. The van der Waals surface area contributed by atoms with Crippen molar-refractivity contribution < 1.29 is 13.2 Å². The molecule has 0 heterocycles. The molecule has 0 aliphatic rings. The zero-order valence-corrected chi connectivity index (χ0v) is 27.5. The normalized spacial score (nSPS) is 11.6. The summed E-state index contributed by atoms with van der Waals surface area (Å²) in [5.41, 5.74) is 6.44. The number of sulfonamides is 1. The molecule has 4 aromatic carbocycles. The van der Waals surface area contributed by atoms with Crippen LogP contribution < -0.4 is 10.0 Å². The summed E-state index contributed by atoms with van der Waals surface area (Å²) in [5.74, 6) is 0.314. The molecule has 0 atom stereocenters. The van der Waals surface area contributed by atoms with Crippen molar-refractivity contribution in [2.75, 3.05) is 6.54 Å². The van der Waals surface area contributed by atoms with Gasteiger partial charge in [0, 0.05) is 26.1 Å². The first-order valence-corrected chi connectivity index (χ1v) is 16.9. The average Bonchev–Trinajstić information content (AvgIpc) is 3.04. The van der Waals surface area contributed by atoms with E-state index in [-0.39, 0.29) is 22.9 Å². The van der Waals surface area contributed by atoms with E-state index in [9.17, 15) is 13.2 Å². The minimum absolute atomic E-state index is 0.0829. The maximum Gasteiger partial charge on any atom is 0.323 e. The Balaban J connectivity index is 1.25. The molecule has 7 nitrogen and oxygen atoms in total. The zero-order valence-electron chi connectivity index (χ0n) is 26.6. The molecular weight excluding hydrogens is 580 g/mol. The summed E-state index contributed by atoms with van der Waals surface area (Å²) < 4.78 is 27.8. The number of benzene rings is 4. The van der Waals surface area contributed by atoms with Crippen molar-refractivity contribution in [1.82, 2.24) is 14.9 Å². The summed E-state index contributed by atoms with van der Waals surface area (Å²) in [6.45, 7) is 9.48. The van der Waals surface area contributed by atoms with Crippen LogP contribution in [0.5, 0.6) is 0 Å². The van der Waals surface area contributed by atoms with Gasteiger partial charge in [0.25, 0.3) is 0 Å². The SMILES string of the molecule is CCN(C(=N)CCCc1ccc(-c2cccc(CNS(=O)(=O)c3ccccc3)c2)cc1)C(=O)NCc1ccc(C(C)(C)C)cc1. The molecule has 4 aromatic rings. The first-order valence-electron chi connectivity index (χ1n) is 15.4. The largest absolute Gasteiger partial charge is 0.334 e. The predicted octanol–water partition coefficient (Wildman–Crippen LogP) is 7.66. The second-order valence-corrected chi connectivity index (χ2v) is 14.0. The van der Waals surface area contributed by atoms with Crippen molar-refractivity contribution >= 4 is 21.9 Å². The van der Waals surface area contributed by atoms with Gasteiger partial charge in [0.15, 0.2) is 0 Å². The van der Waals surface area contributed by atoms with Crippen LogP contribution in [0.2, 0.25) is 0 Å². The number of carbonyl (C=O) groups is 1. The van der Waals surface area contributed by atoms with E-state index in [1.807, 2.05) is 43.3 Å². The van der Waals surface area contributed by atoms with Gasteiger partial charge in [0.2, 0.25) is 10.0 Å².